The van der Waals surface area contributed by atoms with Crippen molar-refractivity contribution in [2.75, 3.05) is 5.73 Å². The molecule has 1 unspecified atom stereocenters. The maximum Gasteiger partial charge on any atom is 0.264 e. The van der Waals surface area contributed by atoms with Crippen LogP contribution in [0.3, 0.4) is 0 Å². The third-order valence-corrected chi connectivity index (χ3v) is 7.30. The van der Waals surface area contributed by atoms with Gasteiger partial charge in [0.25, 0.3) is 11.5 Å². The van der Waals surface area contributed by atoms with Gasteiger partial charge in [-0.3, -0.25) is 14.2 Å². The zero-order valence-corrected chi connectivity index (χ0v) is 21.6. The van der Waals surface area contributed by atoms with Crippen LogP contribution in [-0.2, 0) is 0 Å². The van der Waals surface area contributed by atoms with Crippen molar-refractivity contribution in [3.63, 3.8) is 0 Å². The molecule has 5 aromatic rings. The van der Waals surface area contributed by atoms with E-state index in [0.29, 0.717) is 28.3 Å². The number of rotatable bonds is 4. The molecule has 1 amide bonds. The first-order valence-electron chi connectivity index (χ1n) is 13.2. The third kappa shape index (κ3) is 4.53. The zero-order valence-electron chi connectivity index (χ0n) is 21.6. The van der Waals surface area contributed by atoms with Crippen molar-refractivity contribution in [1.29, 1.82) is 0 Å². The fraction of sp³-hybridized carbons (Fsp3) is 0.226. The summed E-state index contributed by atoms with van der Waals surface area (Å²) in [6.07, 6.45) is 7.91. The van der Waals surface area contributed by atoms with E-state index in [9.17, 15) is 9.59 Å². The Morgan fingerprint density at radius 1 is 1.10 bits per heavy atom. The fourth-order valence-electron chi connectivity index (χ4n) is 5.36. The van der Waals surface area contributed by atoms with Gasteiger partial charge in [0.1, 0.15) is 5.56 Å². The summed E-state index contributed by atoms with van der Waals surface area (Å²) in [6.45, 7) is 1.84. The maximum atomic E-state index is 14.2. The highest BCUT2D eigenvalue weighted by Crippen LogP contribution is 2.26. The largest absolute Gasteiger partial charge is 0.381 e. The Bertz CT molecular complexity index is 1820. The number of pyridine rings is 1. The first-order valence-corrected chi connectivity index (χ1v) is 13.2. The number of hydrogen-bond donors (Lipinski definition) is 2. The molecular weight excluding hydrogens is 488 g/mol. The van der Waals surface area contributed by atoms with Crippen LogP contribution in [0.4, 0.5) is 5.82 Å². The number of para-hydroxylation sites is 1. The number of fused-ring (bicyclic) bond motifs is 2. The van der Waals surface area contributed by atoms with Crippen LogP contribution < -0.4 is 16.6 Å². The van der Waals surface area contributed by atoms with Crippen molar-refractivity contribution in [2.45, 2.75) is 38.6 Å². The van der Waals surface area contributed by atoms with E-state index in [2.05, 4.69) is 27.2 Å². The molecule has 0 aliphatic heterocycles. The van der Waals surface area contributed by atoms with E-state index >= 15 is 0 Å². The number of nitrogens with zero attached hydrogens (tertiary/aromatic N) is 4. The standard InChI is InChI=1S/C31H28N6O2/c1-20(34-30(38)27-28(32)35-36-18-8-17-33-29(27)36)25-19-23-12-7-11-22(16-15-21-9-5-6-10-21)26(23)31(39)37(25)24-13-3-2-4-14-24/h2-4,7-8,11-14,17-21H,5-6,9-10H2,1H3,(H2,32,35)(H,34,38). The minimum absolute atomic E-state index is 0.0860. The smallest absolute Gasteiger partial charge is 0.264 e. The van der Waals surface area contributed by atoms with Gasteiger partial charge in [0, 0.05) is 35.3 Å². The lowest BCUT2D eigenvalue weighted by atomic mass is 10.0. The van der Waals surface area contributed by atoms with Gasteiger partial charge in [0.05, 0.1) is 11.4 Å². The van der Waals surface area contributed by atoms with Crippen LogP contribution in [0.15, 0.2) is 77.9 Å². The molecule has 0 spiro atoms. The Balaban J connectivity index is 1.46. The molecule has 8 heteroatoms. The summed E-state index contributed by atoms with van der Waals surface area (Å²) in [7, 11) is 0. The number of amides is 1. The number of benzene rings is 2. The summed E-state index contributed by atoms with van der Waals surface area (Å²) in [5, 5.41) is 8.55. The zero-order chi connectivity index (χ0) is 26.9. The van der Waals surface area contributed by atoms with Crippen LogP contribution in [0.5, 0.6) is 0 Å². The summed E-state index contributed by atoms with van der Waals surface area (Å²) in [5.41, 5.74) is 8.53. The molecule has 0 bridgehead atoms. The lowest BCUT2D eigenvalue weighted by molar-refractivity contribution is 0.0941. The topological polar surface area (TPSA) is 107 Å². The predicted octanol–water partition coefficient (Wildman–Crippen LogP) is 4.65. The van der Waals surface area contributed by atoms with E-state index in [1.165, 1.54) is 17.4 Å². The van der Waals surface area contributed by atoms with Crippen molar-refractivity contribution < 1.29 is 4.79 Å². The Labute approximate surface area is 225 Å². The minimum atomic E-state index is -0.541. The number of nitrogen functional groups attached to an aromatic ring is 1. The maximum absolute atomic E-state index is 14.2. The summed E-state index contributed by atoms with van der Waals surface area (Å²) in [4.78, 5) is 31.8. The van der Waals surface area contributed by atoms with Crippen molar-refractivity contribution >= 4 is 28.1 Å². The molecule has 3 aromatic heterocycles. The number of nitrogens with one attached hydrogen (secondary N) is 1. The molecular formula is C31H28N6O2. The average molecular weight is 517 g/mol. The quantitative estimate of drug-likeness (QED) is 0.338. The number of aromatic nitrogens is 4. The number of carbonyl (C=O) groups is 1. The minimum Gasteiger partial charge on any atom is -0.381 e. The summed E-state index contributed by atoms with van der Waals surface area (Å²) in [6, 6.07) is 18.3. The van der Waals surface area contributed by atoms with Gasteiger partial charge in [0.15, 0.2) is 11.5 Å². The van der Waals surface area contributed by atoms with Gasteiger partial charge in [-0.25, -0.2) is 9.50 Å². The lowest BCUT2D eigenvalue weighted by Crippen LogP contribution is -2.32. The Morgan fingerprint density at radius 3 is 2.69 bits per heavy atom. The highest BCUT2D eigenvalue weighted by molar-refractivity contribution is 6.04. The van der Waals surface area contributed by atoms with Gasteiger partial charge in [-0.15, -0.1) is 5.10 Å². The first-order chi connectivity index (χ1) is 19.0. The molecule has 3 N–H and O–H groups in total. The van der Waals surface area contributed by atoms with E-state index in [0.717, 1.165) is 23.8 Å². The van der Waals surface area contributed by atoms with Gasteiger partial charge < -0.3 is 11.1 Å². The Morgan fingerprint density at radius 2 is 1.90 bits per heavy atom. The van der Waals surface area contributed by atoms with Gasteiger partial charge in [0.2, 0.25) is 0 Å². The van der Waals surface area contributed by atoms with E-state index in [-0.39, 0.29) is 16.9 Å². The summed E-state index contributed by atoms with van der Waals surface area (Å²) >= 11 is 0. The lowest BCUT2D eigenvalue weighted by Gasteiger charge is -2.21. The van der Waals surface area contributed by atoms with E-state index < -0.39 is 11.9 Å². The monoisotopic (exact) mass is 516 g/mol. The van der Waals surface area contributed by atoms with Crippen molar-refractivity contribution in [3.8, 4) is 17.5 Å². The van der Waals surface area contributed by atoms with Crippen molar-refractivity contribution in [1.82, 2.24) is 24.5 Å². The van der Waals surface area contributed by atoms with Crippen LogP contribution in [0.25, 0.3) is 22.1 Å². The van der Waals surface area contributed by atoms with Crippen molar-refractivity contribution in [3.05, 3.63) is 100 Å². The van der Waals surface area contributed by atoms with Crippen LogP contribution in [0, 0.1) is 17.8 Å². The van der Waals surface area contributed by atoms with Crippen molar-refractivity contribution in [2.24, 2.45) is 5.92 Å². The molecule has 3 heterocycles. The molecule has 1 fully saturated rings. The highest BCUT2D eigenvalue weighted by atomic mass is 16.2. The molecule has 6 rings (SSSR count). The Hall–Kier alpha value is -4.90. The van der Waals surface area contributed by atoms with Crippen LogP contribution >= 0.6 is 0 Å². The normalized spacial score (nSPS) is 14.3. The predicted molar refractivity (Wildman–Crippen MR) is 152 cm³/mol. The SMILES string of the molecule is CC(NC(=O)c1c(N)nn2cccnc12)c1cc2cccc(C#CC3CCCC3)c2c(=O)n1-c1ccccc1. The van der Waals surface area contributed by atoms with Crippen LogP contribution in [0.1, 0.15) is 60.3 Å². The molecule has 1 aliphatic rings. The second-order valence-electron chi connectivity index (χ2n) is 9.91. The molecule has 194 valence electrons. The van der Waals surface area contributed by atoms with Crippen LogP contribution in [0.2, 0.25) is 0 Å². The number of nitrogens with two attached hydrogens (primary N) is 1. The molecule has 0 radical (unpaired) electrons. The summed E-state index contributed by atoms with van der Waals surface area (Å²) < 4.78 is 3.13. The highest BCUT2D eigenvalue weighted by Gasteiger charge is 2.24. The van der Waals surface area contributed by atoms with E-state index in [1.54, 1.807) is 23.0 Å². The van der Waals surface area contributed by atoms with Gasteiger partial charge >= 0.3 is 0 Å². The molecule has 39 heavy (non-hydrogen) atoms. The molecule has 1 atom stereocenters. The van der Waals surface area contributed by atoms with Gasteiger partial charge in [-0.1, -0.05) is 55.0 Å². The molecule has 0 saturated heterocycles. The van der Waals surface area contributed by atoms with E-state index in [1.807, 2.05) is 61.5 Å². The average Bonchev–Trinajstić information content (AvgIpc) is 3.59. The second kappa shape index (κ2) is 10.1. The van der Waals surface area contributed by atoms with Crippen LogP contribution in [-0.4, -0.2) is 25.1 Å². The number of hydrogen-bond acceptors (Lipinski definition) is 5. The van der Waals surface area contributed by atoms with E-state index in [4.69, 9.17) is 5.73 Å². The van der Waals surface area contributed by atoms with Gasteiger partial charge in [-0.2, -0.15) is 0 Å². The number of anilines is 1. The molecule has 1 saturated carbocycles. The molecule has 8 nitrogen and oxygen atoms in total. The number of carbonyl (C=O) groups excluding carboxylic acids is 1. The fourth-order valence-corrected chi connectivity index (χ4v) is 5.36. The summed E-state index contributed by atoms with van der Waals surface area (Å²) in [5.74, 6) is 6.75. The third-order valence-electron chi connectivity index (χ3n) is 7.30. The van der Waals surface area contributed by atoms with Gasteiger partial charge in [-0.05, 0) is 55.5 Å². The first kappa shape index (κ1) is 24.4. The second-order valence-corrected chi connectivity index (χ2v) is 9.91. The Kier molecular flexibility index (Phi) is 6.33. The molecule has 1 aliphatic carbocycles. The molecule has 2 aromatic carbocycles.